The molecule has 1 heterocycles. The van der Waals surface area contributed by atoms with Crippen molar-refractivity contribution in [3.63, 3.8) is 0 Å². The summed E-state index contributed by atoms with van der Waals surface area (Å²) in [6.45, 7) is 6.24. The molecule has 0 aliphatic carbocycles. The lowest BCUT2D eigenvalue weighted by atomic mass is 10.1. The van der Waals surface area contributed by atoms with Crippen LogP contribution in [0.2, 0.25) is 0 Å². The number of aryl methyl sites for hydroxylation is 1. The van der Waals surface area contributed by atoms with E-state index in [1.54, 1.807) is 13.1 Å². The molecule has 0 radical (unpaired) electrons. The van der Waals surface area contributed by atoms with Gasteiger partial charge in [0.05, 0.1) is 5.75 Å². The number of nitrogens with zero attached hydrogens (tertiary/aromatic N) is 1. The summed E-state index contributed by atoms with van der Waals surface area (Å²) < 4.78 is 22.9. The lowest BCUT2D eigenvalue weighted by Gasteiger charge is -2.14. The molecular weight excluding hydrogens is 236 g/mol. The fourth-order valence-corrected chi connectivity index (χ4v) is 2.66. The predicted octanol–water partition coefficient (Wildman–Crippen LogP) is 1.30. The minimum Gasteiger partial charge on any atom is -0.309 e. The van der Waals surface area contributed by atoms with Crippen molar-refractivity contribution in [2.75, 3.05) is 11.5 Å². The lowest BCUT2D eigenvalue weighted by Crippen LogP contribution is -2.33. The van der Waals surface area contributed by atoms with Crippen LogP contribution in [0.1, 0.15) is 25.0 Å². The van der Waals surface area contributed by atoms with Crippen LogP contribution in [0.15, 0.2) is 18.5 Å². The number of sulfone groups is 1. The molecular formula is C12H20N2O2S. The van der Waals surface area contributed by atoms with E-state index in [0.29, 0.717) is 6.54 Å². The number of rotatable bonds is 6. The van der Waals surface area contributed by atoms with E-state index in [1.807, 2.05) is 26.1 Å². The summed E-state index contributed by atoms with van der Waals surface area (Å²) >= 11 is 0. The van der Waals surface area contributed by atoms with Crippen LogP contribution in [0.25, 0.3) is 0 Å². The SMILES string of the molecule is CCS(=O)(=O)CC(C)NCc1ccncc1C. The van der Waals surface area contributed by atoms with Crippen molar-refractivity contribution < 1.29 is 8.42 Å². The first-order chi connectivity index (χ1) is 7.94. The van der Waals surface area contributed by atoms with Gasteiger partial charge >= 0.3 is 0 Å². The third kappa shape index (κ3) is 4.83. The summed E-state index contributed by atoms with van der Waals surface area (Å²) in [4.78, 5) is 4.02. The third-order valence-corrected chi connectivity index (χ3v) is 4.61. The molecule has 17 heavy (non-hydrogen) atoms. The van der Waals surface area contributed by atoms with Gasteiger partial charge in [0.25, 0.3) is 0 Å². The molecule has 0 bridgehead atoms. The van der Waals surface area contributed by atoms with Crippen LogP contribution in [0.3, 0.4) is 0 Å². The Bertz CT molecular complexity index is 457. The minimum absolute atomic E-state index is 0.0347. The molecule has 0 saturated heterocycles. The van der Waals surface area contributed by atoms with Gasteiger partial charge in [-0.1, -0.05) is 6.92 Å². The van der Waals surface area contributed by atoms with E-state index >= 15 is 0 Å². The predicted molar refractivity (Wildman–Crippen MR) is 69.6 cm³/mol. The number of nitrogens with one attached hydrogen (secondary N) is 1. The second kappa shape index (κ2) is 6.12. The zero-order chi connectivity index (χ0) is 12.9. The molecule has 96 valence electrons. The van der Waals surface area contributed by atoms with Crippen molar-refractivity contribution in [1.29, 1.82) is 0 Å². The van der Waals surface area contributed by atoms with E-state index in [-0.39, 0.29) is 17.5 Å². The first kappa shape index (κ1) is 14.1. The quantitative estimate of drug-likeness (QED) is 0.833. The number of aromatic nitrogens is 1. The van der Waals surface area contributed by atoms with Gasteiger partial charge in [-0.3, -0.25) is 4.98 Å². The average Bonchev–Trinajstić information content (AvgIpc) is 2.27. The highest BCUT2D eigenvalue weighted by Crippen LogP contribution is 2.05. The number of pyridine rings is 1. The Morgan fingerprint density at radius 3 is 2.76 bits per heavy atom. The zero-order valence-corrected chi connectivity index (χ0v) is 11.4. The van der Waals surface area contributed by atoms with Crippen molar-refractivity contribution >= 4 is 9.84 Å². The van der Waals surface area contributed by atoms with E-state index in [1.165, 1.54) is 0 Å². The van der Waals surface area contributed by atoms with Crippen molar-refractivity contribution in [2.24, 2.45) is 0 Å². The molecule has 0 aromatic carbocycles. The van der Waals surface area contributed by atoms with Gasteiger partial charge in [0.1, 0.15) is 0 Å². The maximum absolute atomic E-state index is 11.4. The monoisotopic (exact) mass is 256 g/mol. The molecule has 1 atom stereocenters. The summed E-state index contributed by atoms with van der Waals surface area (Å²) in [5.74, 6) is 0.390. The number of hydrogen-bond donors (Lipinski definition) is 1. The Labute approximate surface area is 103 Å². The Morgan fingerprint density at radius 1 is 1.47 bits per heavy atom. The van der Waals surface area contributed by atoms with Gasteiger partial charge in [-0.2, -0.15) is 0 Å². The largest absolute Gasteiger partial charge is 0.309 e. The fraction of sp³-hybridized carbons (Fsp3) is 0.583. The van der Waals surface area contributed by atoms with Crippen LogP contribution in [0, 0.1) is 6.92 Å². The molecule has 0 fully saturated rings. The van der Waals surface area contributed by atoms with E-state index in [4.69, 9.17) is 0 Å². The van der Waals surface area contributed by atoms with Crippen LogP contribution >= 0.6 is 0 Å². The highest BCUT2D eigenvalue weighted by molar-refractivity contribution is 7.91. The Kier molecular flexibility index (Phi) is 5.08. The molecule has 5 heteroatoms. The molecule has 1 unspecified atom stereocenters. The second-order valence-electron chi connectivity index (χ2n) is 4.28. The molecule has 0 aliphatic heterocycles. The van der Waals surface area contributed by atoms with Crippen LogP contribution in [0.4, 0.5) is 0 Å². The minimum atomic E-state index is -2.91. The van der Waals surface area contributed by atoms with Gasteiger partial charge in [-0.05, 0) is 31.0 Å². The average molecular weight is 256 g/mol. The molecule has 1 aromatic rings. The van der Waals surface area contributed by atoms with Gasteiger partial charge in [-0.15, -0.1) is 0 Å². The Morgan fingerprint density at radius 2 is 2.18 bits per heavy atom. The van der Waals surface area contributed by atoms with E-state index < -0.39 is 9.84 Å². The fourth-order valence-electron chi connectivity index (χ4n) is 1.54. The normalized spacial score (nSPS) is 13.6. The van der Waals surface area contributed by atoms with Crippen LogP contribution < -0.4 is 5.32 Å². The van der Waals surface area contributed by atoms with Crippen LogP contribution in [0.5, 0.6) is 0 Å². The summed E-state index contributed by atoms with van der Waals surface area (Å²) in [5, 5.41) is 3.22. The maximum Gasteiger partial charge on any atom is 0.151 e. The second-order valence-corrected chi connectivity index (χ2v) is 6.68. The molecule has 4 nitrogen and oxygen atoms in total. The molecule has 1 N–H and O–H groups in total. The Hall–Kier alpha value is -0.940. The van der Waals surface area contributed by atoms with Crippen molar-refractivity contribution in [2.45, 2.75) is 33.4 Å². The van der Waals surface area contributed by atoms with Gasteiger partial charge in [-0.25, -0.2) is 8.42 Å². The first-order valence-corrected chi connectivity index (χ1v) is 7.60. The van der Waals surface area contributed by atoms with Crippen molar-refractivity contribution in [1.82, 2.24) is 10.3 Å². The summed E-state index contributed by atoms with van der Waals surface area (Å²) in [7, 11) is -2.91. The Balaban J connectivity index is 2.49. The van der Waals surface area contributed by atoms with Crippen LogP contribution in [-0.2, 0) is 16.4 Å². The smallest absolute Gasteiger partial charge is 0.151 e. The summed E-state index contributed by atoms with van der Waals surface area (Å²) in [6, 6.07) is 1.91. The molecule has 1 aromatic heterocycles. The molecule has 0 saturated carbocycles. The van der Waals surface area contributed by atoms with Gasteiger partial charge in [0.15, 0.2) is 9.84 Å². The van der Waals surface area contributed by atoms with Crippen molar-refractivity contribution in [3.05, 3.63) is 29.6 Å². The van der Waals surface area contributed by atoms with Crippen LogP contribution in [-0.4, -0.2) is 30.9 Å². The number of hydrogen-bond acceptors (Lipinski definition) is 4. The van der Waals surface area contributed by atoms with Gasteiger partial charge in [0, 0.05) is 30.7 Å². The van der Waals surface area contributed by atoms with E-state index in [0.717, 1.165) is 11.1 Å². The maximum atomic E-state index is 11.4. The standard InChI is InChI=1S/C12H20N2O2S/c1-4-17(15,16)9-11(3)14-8-12-5-6-13-7-10(12)2/h5-7,11,14H,4,8-9H2,1-3H3. The molecule has 0 aliphatic rings. The topological polar surface area (TPSA) is 59.1 Å². The molecule has 0 spiro atoms. The van der Waals surface area contributed by atoms with E-state index in [2.05, 4.69) is 10.3 Å². The van der Waals surface area contributed by atoms with E-state index in [9.17, 15) is 8.42 Å². The lowest BCUT2D eigenvalue weighted by molar-refractivity contribution is 0.556. The van der Waals surface area contributed by atoms with Crippen molar-refractivity contribution in [3.8, 4) is 0 Å². The van der Waals surface area contributed by atoms with Gasteiger partial charge < -0.3 is 5.32 Å². The summed E-state index contributed by atoms with van der Waals surface area (Å²) in [5.41, 5.74) is 2.27. The first-order valence-electron chi connectivity index (χ1n) is 5.78. The third-order valence-electron chi connectivity index (χ3n) is 2.72. The highest BCUT2D eigenvalue weighted by Gasteiger charge is 2.13. The highest BCUT2D eigenvalue weighted by atomic mass is 32.2. The summed E-state index contributed by atoms with van der Waals surface area (Å²) in [6.07, 6.45) is 3.56. The van der Waals surface area contributed by atoms with Gasteiger partial charge in [0.2, 0.25) is 0 Å². The zero-order valence-electron chi connectivity index (χ0n) is 10.6. The molecule has 1 rings (SSSR count). The molecule has 0 amide bonds.